The second-order valence-corrected chi connectivity index (χ2v) is 5.43. The van der Waals surface area contributed by atoms with Crippen molar-refractivity contribution in [2.45, 2.75) is 13.0 Å². The number of piperazine rings is 1. The quantitative estimate of drug-likeness (QED) is 0.852. The van der Waals surface area contributed by atoms with E-state index in [1.807, 2.05) is 0 Å². The van der Waals surface area contributed by atoms with Crippen LogP contribution in [0.3, 0.4) is 0 Å². The van der Waals surface area contributed by atoms with Crippen molar-refractivity contribution >= 4 is 23.6 Å². The number of hydrogen-bond acceptors (Lipinski definition) is 4. The van der Waals surface area contributed by atoms with Gasteiger partial charge in [-0.15, -0.1) is 0 Å². The third-order valence-corrected chi connectivity index (χ3v) is 3.75. The molecule has 1 aromatic carbocycles. The molecule has 2 amide bonds. The maximum atomic E-state index is 12.4. The van der Waals surface area contributed by atoms with Gasteiger partial charge in [0, 0.05) is 31.2 Å². The van der Waals surface area contributed by atoms with Crippen molar-refractivity contribution in [3.8, 4) is 5.75 Å². The molecule has 1 heterocycles. The van der Waals surface area contributed by atoms with Crippen molar-refractivity contribution in [2.75, 3.05) is 33.3 Å². The number of carbonyl (C=O) groups is 2. The van der Waals surface area contributed by atoms with E-state index in [1.165, 1.54) is 7.11 Å². The lowest BCUT2D eigenvalue weighted by atomic mass is 10.2. The van der Waals surface area contributed by atoms with Crippen LogP contribution in [0.5, 0.6) is 5.75 Å². The predicted octanol–water partition coefficient (Wildman–Crippen LogP) is 2.02. The Morgan fingerprint density at radius 3 is 2.18 bits per heavy atom. The Balaban J connectivity index is 1.86. The number of rotatable bonds is 3. The summed E-state index contributed by atoms with van der Waals surface area (Å²) in [4.78, 5) is 27.0. The second-order valence-electron chi connectivity index (χ2n) is 5.00. The van der Waals surface area contributed by atoms with E-state index in [9.17, 15) is 9.59 Å². The maximum absolute atomic E-state index is 12.4. The maximum Gasteiger partial charge on any atom is 0.409 e. The molecule has 1 aliphatic rings. The minimum Gasteiger partial charge on any atom is -0.481 e. The van der Waals surface area contributed by atoms with Crippen LogP contribution in [0.2, 0.25) is 5.02 Å². The van der Waals surface area contributed by atoms with Crippen LogP contribution in [-0.2, 0) is 9.53 Å². The third-order valence-electron chi connectivity index (χ3n) is 3.50. The fourth-order valence-electron chi connectivity index (χ4n) is 2.26. The van der Waals surface area contributed by atoms with Gasteiger partial charge in [-0.3, -0.25) is 4.79 Å². The summed E-state index contributed by atoms with van der Waals surface area (Å²) >= 11 is 5.81. The molecule has 0 aromatic heterocycles. The van der Waals surface area contributed by atoms with Crippen molar-refractivity contribution in [1.82, 2.24) is 9.80 Å². The smallest absolute Gasteiger partial charge is 0.409 e. The zero-order valence-electron chi connectivity index (χ0n) is 12.6. The number of methoxy groups -OCH3 is 1. The van der Waals surface area contributed by atoms with Crippen LogP contribution >= 0.6 is 11.6 Å². The van der Waals surface area contributed by atoms with Gasteiger partial charge in [-0.05, 0) is 31.2 Å². The van der Waals surface area contributed by atoms with Gasteiger partial charge in [0.1, 0.15) is 5.75 Å². The van der Waals surface area contributed by atoms with Gasteiger partial charge in [-0.25, -0.2) is 4.79 Å². The van der Waals surface area contributed by atoms with E-state index in [4.69, 9.17) is 16.3 Å². The van der Waals surface area contributed by atoms with Gasteiger partial charge in [-0.2, -0.15) is 0 Å². The standard InChI is InChI=1S/C15H19ClN2O4/c1-11(22-13-5-3-12(16)4-6-13)14(19)17-7-9-18(10-8-17)15(20)21-2/h3-6,11H,7-10H2,1-2H3. The number of hydrogen-bond donors (Lipinski definition) is 0. The Kier molecular flexibility index (Phi) is 5.49. The monoisotopic (exact) mass is 326 g/mol. The summed E-state index contributed by atoms with van der Waals surface area (Å²) in [6.45, 7) is 3.59. The molecular formula is C15H19ClN2O4. The van der Waals surface area contributed by atoms with Crippen LogP contribution in [0.25, 0.3) is 0 Å². The number of amides is 2. The van der Waals surface area contributed by atoms with Crippen LogP contribution in [0, 0.1) is 0 Å². The number of ether oxygens (including phenoxy) is 2. The van der Waals surface area contributed by atoms with Gasteiger partial charge in [0.05, 0.1) is 7.11 Å². The number of benzene rings is 1. The predicted molar refractivity (Wildman–Crippen MR) is 82.1 cm³/mol. The molecule has 0 saturated carbocycles. The molecule has 0 N–H and O–H groups in total. The Morgan fingerprint density at radius 2 is 1.64 bits per heavy atom. The largest absolute Gasteiger partial charge is 0.481 e. The Morgan fingerprint density at radius 1 is 1.09 bits per heavy atom. The fraction of sp³-hybridized carbons (Fsp3) is 0.467. The Labute approximate surface area is 134 Å². The van der Waals surface area contributed by atoms with Gasteiger partial charge in [0.2, 0.25) is 0 Å². The molecule has 120 valence electrons. The summed E-state index contributed by atoms with van der Waals surface area (Å²) in [5, 5.41) is 0.616. The van der Waals surface area contributed by atoms with Crippen LogP contribution in [0.1, 0.15) is 6.92 Å². The molecule has 1 atom stereocenters. The summed E-state index contributed by atoms with van der Waals surface area (Å²) in [5.41, 5.74) is 0. The van der Waals surface area contributed by atoms with E-state index < -0.39 is 6.10 Å². The molecule has 1 aromatic rings. The summed E-state index contributed by atoms with van der Waals surface area (Å²) < 4.78 is 10.3. The molecule has 0 radical (unpaired) electrons. The lowest BCUT2D eigenvalue weighted by Crippen LogP contribution is -2.53. The molecule has 0 bridgehead atoms. The number of carbonyl (C=O) groups excluding carboxylic acids is 2. The highest BCUT2D eigenvalue weighted by atomic mass is 35.5. The molecule has 1 unspecified atom stereocenters. The molecule has 6 nitrogen and oxygen atoms in total. The summed E-state index contributed by atoms with van der Waals surface area (Å²) in [5.74, 6) is 0.498. The van der Waals surface area contributed by atoms with E-state index in [1.54, 1.807) is 41.0 Å². The van der Waals surface area contributed by atoms with E-state index in [0.29, 0.717) is 37.0 Å². The first-order valence-corrected chi connectivity index (χ1v) is 7.43. The van der Waals surface area contributed by atoms with E-state index >= 15 is 0 Å². The normalized spacial score (nSPS) is 16.1. The van der Waals surface area contributed by atoms with Crippen molar-refractivity contribution in [2.24, 2.45) is 0 Å². The Bertz CT molecular complexity index is 527. The molecule has 0 aliphatic carbocycles. The Hall–Kier alpha value is -1.95. The molecule has 1 aliphatic heterocycles. The van der Waals surface area contributed by atoms with Gasteiger partial charge in [0.25, 0.3) is 5.91 Å². The van der Waals surface area contributed by atoms with Gasteiger partial charge < -0.3 is 19.3 Å². The lowest BCUT2D eigenvalue weighted by molar-refractivity contribution is -0.139. The van der Waals surface area contributed by atoms with Crippen molar-refractivity contribution in [3.63, 3.8) is 0 Å². The average molecular weight is 327 g/mol. The van der Waals surface area contributed by atoms with Gasteiger partial charge in [-0.1, -0.05) is 11.6 Å². The highest BCUT2D eigenvalue weighted by molar-refractivity contribution is 6.30. The third kappa shape index (κ3) is 4.04. The molecule has 0 spiro atoms. The van der Waals surface area contributed by atoms with Gasteiger partial charge >= 0.3 is 6.09 Å². The van der Waals surface area contributed by atoms with E-state index in [0.717, 1.165) is 0 Å². The van der Waals surface area contributed by atoms with E-state index in [2.05, 4.69) is 4.74 Å². The number of halogens is 1. The summed E-state index contributed by atoms with van der Waals surface area (Å²) in [6, 6.07) is 6.87. The minimum atomic E-state index is -0.592. The fourth-order valence-corrected chi connectivity index (χ4v) is 2.39. The SMILES string of the molecule is COC(=O)N1CCN(C(=O)C(C)Oc2ccc(Cl)cc2)CC1. The number of nitrogens with zero attached hydrogens (tertiary/aromatic N) is 2. The molecule has 1 saturated heterocycles. The van der Waals surface area contributed by atoms with Crippen molar-refractivity contribution in [3.05, 3.63) is 29.3 Å². The van der Waals surface area contributed by atoms with Crippen LogP contribution in [0.15, 0.2) is 24.3 Å². The molecule has 7 heteroatoms. The van der Waals surface area contributed by atoms with Crippen LogP contribution < -0.4 is 4.74 Å². The topological polar surface area (TPSA) is 59.1 Å². The first-order chi connectivity index (χ1) is 10.5. The van der Waals surface area contributed by atoms with E-state index in [-0.39, 0.29) is 12.0 Å². The summed E-state index contributed by atoms with van der Waals surface area (Å²) in [6.07, 6.45) is -0.955. The average Bonchev–Trinajstić information content (AvgIpc) is 2.55. The van der Waals surface area contributed by atoms with Crippen molar-refractivity contribution < 1.29 is 19.1 Å². The molecular weight excluding hydrogens is 308 g/mol. The van der Waals surface area contributed by atoms with Crippen molar-refractivity contribution in [1.29, 1.82) is 0 Å². The molecule has 1 fully saturated rings. The zero-order chi connectivity index (χ0) is 16.1. The first-order valence-electron chi connectivity index (χ1n) is 7.05. The lowest BCUT2D eigenvalue weighted by Gasteiger charge is -2.35. The summed E-state index contributed by atoms with van der Waals surface area (Å²) in [7, 11) is 1.35. The highest BCUT2D eigenvalue weighted by Gasteiger charge is 2.28. The molecule has 2 rings (SSSR count). The van der Waals surface area contributed by atoms with Crippen LogP contribution in [-0.4, -0.2) is 61.2 Å². The highest BCUT2D eigenvalue weighted by Crippen LogP contribution is 2.17. The van der Waals surface area contributed by atoms with Gasteiger partial charge in [0.15, 0.2) is 6.10 Å². The first kappa shape index (κ1) is 16.4. The van der Waals surface area contributed by atoms with Crippen LogP contribution in [0.4, 0.5) is 4.79 Å². The zero-order valence-corrected chi connectivity index (χ0v) is 13.4. The minimum absolute atomic E-state index is 0.0977. The molecule has 22 heavy (non-hydrogen) atoms. The second kappa shape index (κ2) is 7.35.